The maximum absolute atomic E-state index is 12.2. The normalized spacial score (nSPS) is 19.6. The van der Waals surface area contributed by atoms with Gasteiger partial charge in [0, 0.05) is 12.1 Å². The van der Waals surface area contributed by atoms with Crippen molar-refractivity contribution in [2.24, 2.45) is 0 Å². The molecule has 10 nitrogen and oxygen atoms in total. The number of benzene rings is 1. The highest BCUT2D eigenvalue weighted by Gasteiger charge is 2.34. The van der Waals surface area contributed by atoms with Crippen LogP contribution in [-0.2, 0) is 14.3 Å². The van der Waals surface area contributed by atoms with Gasteiger partial charge in [0.05, 0.1) is 4.92 Å². The van der Waals surface area contributed by atoms with Crippen molar-refractivity contribution in [3.05, 3.63) is 34.4 Å². The number of alkyl carbamates (subject to hydrolysis) is 1. The van der Waals surface area contributed by atoms with Gasteiger partial charge < -0.3 is 20.1 Å². The van der Waals surface area contributed by atoms with E-state index in [-0.39, 0.29) is 24.3 Å². The number of amides is 2. The fourth-order valence-electron chi connectivity index (χ4n) is 2.40. The van der Waals surface area contributed by atoms with Gasteiger partial charge in [-0.05, 0) is 45.7 Å². The summed E-state index contributed by atoms with van der Waals surface area (Å²) in [6.07, 6.45) is -0.210. The fraction of sp³-hybridized carbons (Fsp3) is 0.471. The monoisotopic (exact) mass is 379 g/mol. The Kier molecular flexibility index (Phi) is 5.98. The van der Waals surface area contributed by atoms with E-state index in [9.17, 15) is 24.5 Å². The highest BCUT2D eigenvalue weighted by atomic mass is 16.6. The largest absolute Gasteiger partial charge is 0.444 e. The van der Waals surface area contributed by atoms with Crippen molar-refractivity contribution in [3.63, 3.8) is 0 Å². The fourth-order valence-corrected chi connectivity index (χ4v) is 2.40. The van der Waals surface area contributed by atoms with Crippen molar-refractivity contribution in [2.45, 2.75) is 51.3 Å². The molecule has 10 heteroatoms. The van der Waals surface area contributed by atoms with Gasteiger partial charge in [-0.3, -0.25) is 14.9 Å². The van der Waals surface area contributed by atoms with Gasteiger partial charge in [0.15, 0.2) is 0 Å². The molecule has 27 heavy (non-hydrogen) atoms. The minimum absolute atomic E-state index is 0.128. The van der Waals surface area contributed by atoms with E-state index in [1.165, 1.54) is 24.3 Å². The third kappa shape index (κ3) is 5.94. The number of nitro groups is 1. The minimum atomic E-state index is -0.871. The second kappa shape index (κ2) is 8.02. The summed E-state index contributed by atoms with van der Waals surface area (Å²) in [5.41, 5.74) is -0.816. The second-order valence-electron chi connectivity index (χ2n) is 7.01. The number of rotatable bonds is 4. The minimum Gasteiger partial charge on any atom is -0.444 e. The molecule has 2 atom stereocenters. The molecule has 2 N–H and O–H groups in total. The zero-order valence-corrected chi connectivity index (χ0v) is 15.2. The lowest BCUT2D eigenvalue weighted by atomic mass is 10.00. The van der Waals surface area contributed by atoms with E-state index in [2.05, 4.69) is 10.6 Å². The van der Waals surface area contributed by atoms with Crippen molar-refractivity contribution in [3.8, 4) is 5.75 Å². The summed E-state index contributed by atoms with van der Waals surface area (Å²) in [4.78, 5) is 46.1. The molecule has 1 aliphatic heterocycles. The first-order valence-electron chi connectivity index (χ1n) is 8.31. The number of nitrogens with one attached hydrogen (secondary N) is 2. The van der Waals surface area contributed by atoms with E-state index in [0.717, 1.165) is 0 Å². The van der Waals surface area contributed by atoms with Gasteiger partial charge in [-0.15, -0.1) is 0 Å². The summed E-state index contributed by atoms with van der Waals surface area (Å²) >= 11 is 0. The summed E-state index contributed by atoms with van der Waals surface area (Å²) in [6.45, 7) is 5.12. The summed E-state index contributed by atoms with van der Waals surface area (Å²) in [5.74, 6) is -1.07. The number of esters is 1. The van der Waals surface area contributed by atoms with Crippen LogP contribution in [0.25, 0.3) is 0 Å². The van der Waals surface area contributed by atoms with Crippen LogP contribution in [0.2, 0.25) is 0 Å². The standard InChI is InChI=1S/C17H21N3O7/c1-17(2,3)27-16(23)19-12-8-9-13(18-14(12)21)15(22)26-11-6-4-10(5-7-11)20(24)25/h4-7,12-13H,8-9H2,1-3H3,(H,18,21)(H,19,23)/t12-,13+/m1/s1. The molecule has 2 rings (SSSR count). The summed E-state index contributed by atoms with van der Waals surface area (Å²) in [7, 11) is 0. The van der Waals surface area contributed by atoms with Gasteiger partial charge in [-0.25, -0.2) is 9.59 Å². The Morgan fingerprint density at radius 3 is 2.37 bits per heavy atom. The molecular formula is C17H21N3O7. The zero-order valence-electron chi connectivity index (χ0n) is 15.2. The van der Waals surface area contributed by atoms with E-state index in [1.807, 2.05) is 0 Å². The van der Waals surface area contributed by atoms with Gasteiger partial charge in [-0.2, -0.15) is 0 Å². The molecule has 1 heterocycles. The first-order chi connectivity index (χ1) is 12.5. The molecule has 0 aromatic heterocycles. The third-order valence-corrected chi connectivity index (χ3v) is 3.62. The number of hydrogen-bond acceptors (Lipinski definition) is 7. The van der Waals surface area contributed by atoms with Crippen LogP contribution in [0, 0.1) is 10.1 Å². The Balaban J connectivity index is 1.87. The highest BCUT2D eigenvalue weighted by Crippen LogP contribution is 2.19. The Morgan fingerprint density at radius 2 is 1.85 bits per heavy atom. The Morgan fingerprint density at radius 1 is 1.22 bits per heavy atom. The number of piperidine rings is 1. The molecule has 1 aliphatic rings. The number of nitrogens with zero attached hydrogens (tertiary/aromatic N) is 1. The molecule has 1 aromatic rings. The predicted molar refractivity (Wildman–Crippen MR) is 93.1 cm³/mol. The number of ether oxygens (including phenoxy) is 2. The number of carbonyl (C=O) groups is 3. The lowest BCUT2D eigenvalue weighted by Crippen LogP contribution is -2.57. The van der Waals surface area contributed by atoms with Crippen LogP contribution in [0.3, 0.4) is 0 Å². The molecule has 0 spiro atoms. The molecule has 1 fully saturated rings. The lowest BCUT2D eigenvalue weighted by Gasteiger charge is -2.29. The number of non-ortho nitro benzene ring substituents is 1. The first-order valence-corrected chi connectivity index (χ1v) is 8.31. The maximum atomic E-state index is 12.2. The smallest absolute Gasteiger partial charge is 0.408 e. The Bertz CT molecular complexity index is 740. The van der Waals surface area contributed by atoms with E-state index in [1.54, 1.807) is 20.8 Å². The van der Waals surface area contributed by atoms with Crippen LogP contribution >= 0.6 is 0 Å². The van der Waals surface area contributed by atoms with Crippen LogP contribution in [0.15, 0.2) is 24.3 Å². The van der Waals surface area contributed by atoms with Crippen molar-refractivity contribution in [2.75, 3.05) is 0 Å². The van der Waals surface area contributed by atoms with Gasteiger partial charge in [-0.1, -0.05) is 0 Å². The molecule has 2 amide bonds. The molecule has 0 unspecified atom stereocenters. The van der Waals surface area contributed by atoms with E-state index >= 15 is 0 Å². The van der Waals surface area contributed by atoms with Gasteiger partial charge >= 0.3 is 12.1 Å². The number of nitro benzene ring substituents is 1. The van der Waals surface area contributed by atoms with Gasteiger partial charge in [0.2, 0.25) is 5.91 Å². The van der Waals surface area contributed by atoms with Crippen LogP contribution in [-0.4, -0.2) is 40.6 Å². The number of carbonyl (C=O) groups excluding carboxylic acids is 3. The van der Waals surface area contributed by atoms with Crippen LogP contribution < -0.4 is 15.4 Å². The van der Waals surface area contributed by atoms with Crippen molar-refractivity contribution in [1.82, 2.24) is 10.6 Å². The van der Waals surface area contributed by atoms with E-state index in [4.69, 9.17) is 9.47 Å². The van der Waals surface area contributed by atoms with Crippen molar-refractivity contribution >= 4 is 23.7 Å². The molecule has 0 radical (unpaired) electrons. The van der Waals surface area contributed by atoms with Crippen LogP contribution in [0.5, 0.6) is 5.75 Å². The first kappa shape index (κ1) is 20.1. The topological polar surface area (TPSA) is 137 Å². The zero-order chi connectivity index (χ0) is 20.2. The molecule has 1 aromatic carbocycles. The molecular weight excluding hydrogens is 358 g/mol. The molecule has 0 saturated carbocycles. The number of hydrogen-bond donors (Lipinski definition) is 2. The summed E-state index contributed by atoms with van der Waals surface area (Å²) in [6, 6.07) is 3.35. The summed E-state index contributed by atoms with van der Waals surface area (Å²) < 4.78 is 10.2. The Hall–Kier alpha value is -3.17. The van der Waals surface area contributed by atoms with Crippen LogP contribution in [0.4, 0.5) is 10.5 Å². The van der Waals surface area contributed by atoms with Gasteiger partial charge in [0.1, 0.15) is 23.4 Å². The molecule has 0 bridgehead atoms. The van der Waals surface area contributed by atoms with Crippen molar-refractivity contribution < 1.29 is 28.8 Å². The van der Waals surface area contributed by atoms with E-state index < -0.39 is 40.6 Å². The maximum Gasteiger partial charge on any atom is 0.408 e. The molecule has 0 aliphatic carbocycles. The second-order valence-corrected chi connectivity index (χ2v) is 7.01. The predicted octanol–water partition coefficient (Wildman–Crippen LogP) is 1.67. The van der Waals surface area contributed by atoms with Gasteiger partial charge in [0.25, 0.3) is 5.69 Å². The lowest BCUT2D eigenvalue weighted by molar-refractivity contribution is -0.384. The van der Waals surface area contributed by atoms with E-state index in [0.29, 0.717) is 0 Å². The van der Waals surface area contributed by atoms with Crippen molar-refractivity contribution in [1.29, 1.82) is 0 Å². The Labute approximate surface area is 155 Å². The average Bonchev–Trinajstić information content (AvgIpc) is 2.55. The third-order valence-electron chi connectivity index (χ3n) is 3.62. The highest BCUT2D eigenvalue weighted by molar-refractivity contribution is 5.91. The summed E-state index contributed by atoms with van der Waals surface area (Å²) in [5, 5.41) is 15.6. The average molecular weight is 379 g/mol. The molecule has 1 saturated heterocycles. The van der Waals surface area contributed by atoms with Crippen LogP contribution in [0.1, 0.15) is 33.6 Å². The quantitative estimate of drug-likeness (QED) is 0.351. The molecule has 146 valence electrons. The SMILES string of the molecule is CC(C)(C)OC(=O)N[C@@H]1CC[C@@H](C(=O)Oc2ccc([N+](=O)[O-])cc2)NC1=O.